The van der Waals surface area contributed by atoms with Crippen LogP contribution in [0.15, 0.2) is 6.07 Å². The third-order valence-electron chi connectivity index (χ3n) is 4.43. The maximum Gasteiger partial charge on any atom is 0.346 e. The van der Waals surface area contributed by atoms with E-state index in [1.165, 1.54) is 0 Å². The van der Waals surface area contributed by atoms with Gasteiger partial charge in [-0.15, -0.1) is 0 Å². The molecule has 1 aromatic carbocycles. The highest BCUT2D eigenvalue weighted by Gasteiger charge is 2.29. The minimum atomic E-state index is -1.41. The van der Waals surface area contributed by atoms with E-state index < -0.39 is 41.2 Å². The molecule has 1 aromatic rings. The number of ether oxygens (including phenoxy) is 2. The van der Waals surface area contributed by atoms with Gasteiger partial charge in [0, 0.05) is 12.5 Å². The first-order chi connectivity index (χ1) is 13.1. The number of rotatable bonds is 0. The molecule has 3 atom stereocenters. The number of halogens is 1. The Morgan fingerprint density at radius 3 is 2.46 bits per heavy atom. The molecule has 1 aliphatic rings. The Balaban J connectivity index is 2.37. The number of hydrogen-bond donors (Lipinski definition) is 3. The van der Waals surface area contributed by atoms with E-state index in [9.17, 15) is 29.7 Å². The van der Waals surface area contributed by atoms with Gasteiger partial charge in [0.25, 0.3) is 0 Å². The standard InChI is InChI=1S/C19H23ClO8/c1-9-6-10(2)28-19(26)15-12(22)8-13(23)16(20)18(15)27-5-3-4-11(21)17(25)14(24)7-9/h8-10,14,22-24H,3-7H2,1-2H3/t9?,10-,14?/m0/s1. The number of aliphatic hydroxyl groups excluding tert-OH is 1. The van der Waals surface area contributed by atoms with Gasteiger partial charge in [-0.1, -0.05) is 18.5 Å². The second-order valence-electron chi connectivity index (χ2n) is 6.98. The van der Waals surface area contributed by atoms with Crippen molar-refractivity contribution in [2.45, 2.75) is 51.7 Å². The first kappa shape index (κ1) is 22.0. The maximum absolute atomic E-state index is 12.6. The fourth-order valence-electron chi connectivity index (χ4n) is 3.10. The van der Waals surface area contributed by atoms with Crippen molar-refractivity contribution in [3.8, 4) is 17.2 Å². The molecule has 0 saturated carbocycles. The molecule has 1 heterocycles. The Bertz CT molecular complexity index is 776. The zero-order chi connectivity index (χ0) is 21.0. The van der Waals surface area contributed by atoms with Crippen LogP contribution >= 0.6 is 11.6 Å². The van der Waals surface area contributed by atoms with Crippen molar-refractivity contribution in [1.29, 1.82) is 0 Å². The predicted octanol–water partition coefficient (Wildman–Crippen LogP) is 2.38. The summed E-state index contributed by atoms with van der Waals surface area (Å²) in [6.45, 7) is 3.25. The van der Waals surface area contributed by atoms with Gasteiger partial charge in [-0.2, -0.15) is 0 Å². The van der Waals surface area contributed by atoms with Crippen LogP contribution in [0.1, 0.15) is 49.9 Å². The summed E-state index contributed by atoms with van der Waals surface area (Å²) in [6.07, 6.45) is -1.72. The van der Waals surface area contributed by atoms with Crippen LogP contribution in [0.3, 0.4) is 0 Å². The smallest absolute Gasteiger partial charge is 0.346 e. The fourth-order valence-corrected chi connectivity index (χ4v) is 3.30. The number of carbonyl (C=O) groups is 3. The van der Waals surface area contributed by atoms with E-state index in [4.69, 9.17) is 21.1 Å². The van der Waals surface area contributed by atoms with Crippen LogP contribution in [-0.4, -0.2) is 51.7 Å². The van der Waals surface area contributed by atoms with Crippen LogP contribution in [0.25, 0.3) is 0 Å². The van der Waals surface area contributed by atoms with E-state index in [0.29, 0.717) is 6.42 Å². The van der Waals surface area contributed by atoms with E-state index in [1.807, 2.05) is 0 Å². The van der Waals surface area contributed by atoms with Crippen LogP contribution in [0.4, 0.5) is 0 Å². The van der Waals surface area contributed by atoms with Crippen LogP contribution < -0.4 is 4.74 Å². The lowest BCUT2D eigenvalue weighted by molar-refractivity contribution is -0.142. The average Bonchev–Trinajstić information content (AvgIpc) is 2.60. The molecule has 0 saturated heterocycles. The Kier molecular flexibility index (Phi) is 7.26. The summed E-state index contributed by atoms with van der Waals surface area (Å²) in [5.41, 5.74) is -0.334. The van der Waals surface area contributed by atoms with Gasteiger partial charge in [-0.3, -0.25) is 9.59 Å². The largest absolute Gasteiger partial charge is 0.507 e. The van der Waals surface area contributed by atoms with Gasteiger partial charge in [0.2, 0.25) is 11.6 Å². The Morgan fingerprint density at radius 1 is 1.11 bits per heavy atom. The third kappa shape index (κ3) is 5.14. The number of phenols is 2. The topological polar surface area (TPSA) is 130 Å². The van der Waals surface area contributed by atoms with E-state index in [1.54, 1.807) is 13.8 Å². The number of carbonyl (C=O) groups excluding carboxylic acids is 3. The number of fused-ring (bicyclic) bond motifs is 1. The van der Waals surface area contributed by atoms with Crippen LogP contribution in [0, 0.1) is 5.92 Å². The molecule has 154 valence electrons. The molecule has 0 aliphatic carbocycles. The van der Waals surface area contributed by atoms with Crippen molar-refractivity contribution in [1.82, 2.24) is 0 Å². The molecule has 28 heavy (non-hydrogen) atoms. The van der Waals surface area contributed by atoms with Gasteiger partial charge in [0.15, 0.2) is 5.75 Å². The monoisotopic (exact) mass is 414 g/mol. The Labute approximate surface area is 167 Å². The number of esters is 1. The molecule has 0 bridgehead atoms. The van der Waals surface area contributed by atoms with E-state index in [2.05, 4.69) is 0 Å². The fraction of sp³-hybridized carbons (Fsp3) is 0.526. The summed E-state index contributed by atoms with van der Waals surface area (Å²) in [6, 6.07) is 0.909. The molecular formula is C19H23ClO8. The SMILES string of the molecule is CC1CC(O)C(=O)C(=O)CCCOc2c(Cl)c(O)cc(O)c2C(=O)O[C@@H](C)C1. The molecule has 1 aliphatic heterocycles. The second-order valence-corrected chi connectivity index (χ2v) is 7.36. The number of aliphatic hydroxyl groups is 1. The second kappa shape index (κ2) is 9.25. The highest BCUT2D eigenvalue weighted by Crippen LogP contribution is 2.42. The zero-order valence-corrected chi connectivity index (χ0v) is 16.4. The van der Waals surface area contributed by atoms with Gasteiger partial charge in [-0.25, -0.2) is 4.79 Å². The van der Waals surface area contributed by atoms with Gasteiger partial charge < -0.3 is 24.8 Å². The van der Waals surface area contributed by atoms with Crippen molar-refractivity contribution < 1.29 is 39.2 Å². The number of aromatic hydroxyl groups is 2. The molecule has 3 N–H and O–H groups in total. The lowest BCUT2D eigenvalue weighted by atomic mass is 9.94. The first-order valence-electron chi connectivity index (χ1n) is 8.95. The number of Topliss-reactive ketones (excluding diaryl/α,β-unsaturated/α-hetero) is 2. The van der Waals surface area contributed by atoms with Crippen LogP contribution in [-0.2, 0) is 14.3 Å². The minimum absolute atomic E-state index is 0.0600. The van der Waals surface area contributed by atoms with E-state index in [-0.39, 0.29) is 48.1 Å². The summed E-state index contributed by atoms with van der Waals surface area (Å²) >= 11 is 6.01. The number of cyclic esters (lactones) is 1. The molecule has 0 fully saturated rings. The van der Waals surface area contributed by atoms with Crippen molar-refractivity contribution in [2.24, 2.45) is 5.92 Å². The van der Waals surface area contributed by atoms with Crippen molar-refractivity contribution in [2.75, 3.05) is 6.61 Å². The number of hydrogen-bond acceptors (Lipinski definition) is 8. The van der Waals surface area contributed by atoms with Gasteiger partial charge in [0.1, 0.15) is 28.2 Å². The summed E-state index contributed by atoms with van der Waals surface area (Å²) in [5.74, 6) is -4.00. The molecule has 0 aromatic heterocycles. The molecule has 8 nitrogen and oxygen atoms in total. The first-order valence-corrected chi connectivity index (χ1v) is 9.32. The average molecular weight is 415 g/mol. The molecule has 0 radical (unpaired) electrons. The quantitative estimate of drug-likeness (QED) is 0.435. The summed E-state index contributed by atoms with van der Waals surface area (Å²) < 4.78 is 10.7. The van der Waals surface area contributed by atoms with Crippen LogP contribution in [0.5, 0.6) is 17.2 Å². The molecule has 2 unspecified atom stereocenters. The predicted molar refractivity (Wildman–Crippen MR) is 98.8 cm³/mol. The third-order valence-corrected chi connectivity index (χ3v) is 4.79. The van der Waals surface area contributed by atoms with Gasteiger partial charge in [-0.05, 0) is 32.1 Å². The van der Waals surface area contributed by atoms with E-state index >= 15 is 0 Å². The molecule has 2 rings (SSSR count). The highest BCUT2D eigenvalue weighted by atomic mass is 35.5. The summed E-state index contributed by atoms with van der Waals surface area (Å²) in [4.78, 5) is 36.5. The zero-order valence-electron chi connectivity index (χ0n) is 15.6. The summed E-state index contributed by atoms with van der Waals surface area (Å²) in [5, 5.41) is 29.6. The molecular weight excluding hydrogens is 392 g/mol. The lowest BCUT2D eigenvalue weighted by Gasteiger charge is -2.20. The Morgan fingerprint density at radius 2 is 1.79 bits per heavy atom. The normalized spacial score (nSPS) is 25.1. The lowest BCUT2D eigenvalue weighted by Crippen LogP contribution is -2.31. The maximum atomic E-state index is 12.6. The van der Waals surface area contributed by atoms with Crippen LogP contribution in [0.2, 0.25) is 5.02 Å². The molecule has 0 spiro atoms. The number of ketones is 2. The van der Waals surface area contributed by atoms with Crippen molar-refractivity contribution in [3.63, 3.8) is 0 Å². The number of benzene rings is 1. The molecule has 0 amide bonds. The van der Waals surface area contributed by atoms with Gasteiger partial charge in [0.05, 0.1) is 12.7 Å². The van der Waals surface area contributed by atoms with Crippen molar-refractivity contribution in [3.05, 3.63) is 16.7 Å². The minimum Gasteiger partial charge on any atom is -0.507 e. The molecule has 9 heteroatoms. The number of phenolic OH excluding ortho intramolecular Hbond substituents is 2. The van der Waals surface area contributed by atoms with Crippen molar-refractivity contribution >= 4 is 29.1 Å². The van der Waals surface area contributed by atoms with E-state index in [0.717, 1.165) is 6.07 Å². The Hall–Kier alpha value is -2.32. The summed E-state index contributed by atoms with van der Waals surface area (Å²) in [7, 11) is 0. The van der Waals surface area contributed by atoms with Gasteiger partial charge >= 0.3 is 5.97 Å². The highest BCUT2D eigenvalue weighted by molar-refractivity contribution is 6.38.